The molecule has 0 fully saturated rings. The number of rotatable bonds is 3. The summed E-state index contributed by atoms with van der Waals surface area (Å²) in [6.45, 7) is 0. The highest BCUT2D eigenvalue weighted by Crippen LogP contribution is 2.30. The Kier molecular flexibility index (Phi) is 3.74. The molecule has 2 nitrogen and oxygen atoms in total. The van der Waals surface area contributed by atoms with Crippen molar-refractivity contribution in [2.24, 2.45) is 5.73 Å². The first-order chi connectivity index (χ1) is 7.33. The summed E-state index contributed by atoms with van der Waals surface area (Å²) in [5.74, 6) is -0.494. The van der Waals surface area contributed by atoms with Gasteiger partial charge in [-0.25, -0.2) is 4.39 Å². The summed E-state index contributed by atoms with van der Waals surface area (Å²) in [7, 11) is 1.34. The van der Waals surface area contributed by atoms with E-state index in [0.717, 1.165) is 6.07 Å². The molecule has 0 saturated carbocycles. The zero-order chi connectivity index (χ0) is 12.3. The maximum atomic E-state index is 13.2. The maximum absolute atomic E-state index is 13.2. The molecule has 1 aromatic rings. The standard InChI is InChI=1S/C10H11F4NO/c1-16-6-2-3-8(11)7(4-6)9(15)5-10(12,13)14/h2-4,9H,5,15H2,1H3/t9-/m0/s1. The SMILES string of the molecule is COc1ccc(F)c([C@@H](N)CC(F)(F)F)c1. The van der Waals surface area contributed by atoms with Gasteiger partial charge >= 0.3 is 6.18 Å². The molecule has 0 amide bonds. The van der Waals surface area contributed by atoms with Crippen LogP contribution in [0.1, 0.15) is 18.0 Å². The topological polar surface area (TPSA) is 35.2 Å². The van der Waals surface area contributed by atoms with Crippen molar-refractivity contribution in [3.05, 3.63) is 29.6 Å². The summed E-state index contributed by atoms with van der Waals surface area (Å²) in [6, 6.07) is 2.10. The number of nitrogens with two attached hydrogens (primary N) is 1. The van der Waals surface area contributed by atoms with E-state index in [1.54, 1.807) is 0 Å². The van der Waals surface area contributed by atoms with Crippen molar-refractivity contribution in [2.75, 3.05) is 7.11 Å². The van der Waals surface area contributed by atoms with Crippen LogP contribution in [-0.2, 0) is 0 Å². The van der Waals surface area contributed by atoms with Crippen LogP contribution in [0.4, 0.5) is 17.6 Å². The molecule has 0 heterocycles. The van der Waals surface area contributed by atoms with Gasteiger partial charge in [0, 0.05) is 11.6 Å². The minimum Gasteiger partial charge on any atom is -0.497 e. The predicted molar refractivity (Wildman–Crippen MR) is 50.6 cm³/mol. The number of ether oxygens (including phenoxy) is 1. The van der Waals surface area contributed by atoms with Gasteiger partial charge in [0.25, 0.3) is 0 Å². The van der Waals surface area contributed by atoms with E-state index < -0.39 is 24.5 Å². The van der Waals surface area contributed by atoms with Crippen LogP contribution in [0.5, 0.6) is 5.75 Å². The van der Waals surface area contributed by atoms with Gasteiger partial charge in [0.05, 0.1) is 13.5 Å². The Morgan fingerprint density at radius 1 is 1.38 bits per heavy atom. The van der Waals surface area contributed by atoms with Crippen molar-refractivity contribution in [3.8, 4) is 5.75 Å². The molecule has 0 aliphatic heterocycles. The maximum Gasteiger partial charge on any atom is 0.390 e. The molecule has 1 aromatic carbocycles. The lowest BCUT2D eigenvalue weighted by Crippen LogP contribution is -2.21. The lowest BCUT2D eigenvalue weighted by molar-refractivity contribution is -0.138. The highest BCUT2D eigenvalue weighted by atomic mass is 19.4. The lowest BCUT2D eigenvalue weighted by Gasteiger charge is -2.15. The van der Waals surface area contributed by atoms with E-state index in [1.807, 2.05) is 0 Å². The fraction of sp³-hybridized carbons (Fsp3) is 0.400. The van der Waals surface area contributed by atoms with E-state index in [4.69, 9.17) is 10.5 Å². The molecular weight excluding hydrogens is 226 g/mol. The Balaban J connectivity index is 2.93. The molecule has 1 atom stereocenters. The van der Waals surface area contributed by atoms with Gasteiger partial charge in [-0.15, -0.1) is 0 Å². The third-order valence-corrected chi connectivity index (χ3v) is 2.05. The average molecular weight is 237 g/mol. The summed E-state index contributed by atoms with van der Waals surface area (Å²) < 4.78 is 54.2. The van der Waals surface area contributed by atoms with Gasteiger partial charge in [0.1, 0.15) is 11.6 Å². The summed E-state index contributed by atoms with van der Waals surface area (Å²) in [5.41, 5.74) is 5.09. The normalized spacial score (nSPS) is 13.6. The van der Waals surface area contributed by atoms with Gasteiger partial charge in [-0.2, -0.15) is 13.2 Å². The molecule has 2 N–H and O–H groups in total. The van der Waals surface area contributed by atoms with Crippen LogP contribution in [0.25, 0.3) is 0 Å². The summed E-state index contributed by atoms with van der Waals surface area (Å²) in [4.78, 5) is 0. The molecule has 0 radical (unpaired) electrons. The van der Waals surface area contributed by atoms with Crippen molar-refractivity contribution < 1.29 is 22.3 Å². The Morgan fingerprint density at radius 3 is 2.50 bits per heavy atom. The molecular formula is C10H11F4NO. The van der Waals surface area contributed by atoms with Crippen LogP contribution in [0.3, 0.4) is 0 Å². The number of alkyl halides is 3. The van der Waals surface area contributed by atoms with Gasteiger partial charge in [-0.1, -0.05) is 0 Å². The zero-order valence-corrected chi connectivity index (χ0v) is 8.51. The van der Waals surface area contributed by atoms with Crippen molar-refractivity contribution >= 4 is 0 Å². The van der Waals surface area contributed by atoms with Crippen molar-refractivity contribution in [3.63, 3.8) is 0 Å². The Hall–Kier alpha value is -1.30. The third-order valence-electron chi connectivity index (χ3n) is 2.05. The largest absolute Gasteiger partial charge is 0.497 e. The third kappa shape index (κ3) is 3.37. The van der Waals surface area contributed by atoms with E-state index in [9.17, 15) is 17.6 Å². The van der Waals surface area contributed by atoms with Gasteiger partial charge in [0.2, 0.25) is 0 Å². The van der Waals surface area contributed by atoms with E-state index in [1.165, 1.54) is 19.2 Å². The summed E-state index contributed by atoms with van der Waals surface area (Å²) >= 11 is 0. The van der Waals surface area contributed by atoms with Crippen LogP contribution in [-0.4, -0.2) is 13.3 Å². The van der Waals surface area contributed by atoms with E-state index in [0.29, 0.717) is 0 Å². The molecule has 0 bridgehead atoms. The Morgan fingerprint density at radius 2 is 2.00 bits per heavy atom. The summed E-state index contributed by atoms with van der Waals surface area (Å²) in [5, 5.41) is 0. The molecule has 0 aliphatic rings. The molecule has 0 aromatic heterocycles. The Bertz CT molecular complexity index is 364. The fourth-order valence-electron chi connectivity index (χ4n) is 1.29. The first-order valence-corrected chi connectivity index (χ1v) is 4.49. The van der Waals surface area contributed by atoms with Crippen molar-refractivity contribution in [1.29, 1.82) is 0 Å². The van der Waals surface area contributed by atoms with E-state index in [-0.39, 0.29) is 11.3 Å². The Labute approximate surface area is 90.0 Å². The van der Waals surface area contributed by atoms with Gasteiger partial charge < -0.3 is 10.5 Å². The minimum atomic E-state index is -4.42. The number of methoxy groups -OCH3 is 1. The average Bonchev–Trinajstić information content (AvgIpc) is 2.15. The molecule has 0 aliphatic carbocycles. The van der Waals surface area contributed by atoms with Gasteiger partial charge in [-0.3, -0.25) is 0 Å². The highest BCUT2D eigenvalue weighted by Gasteiger charge is 2.32. The lowest BCUT2D eigenvalue weighted by atomic mass is 10.0. The second-order valence-electron chi connectivity index (χ2n) is 3.31. The van der Waals surface area contributed by atoms with Crippen LogP contribution in [0, 0.1) is 5.82 Å². The molecule has 16 heavy (non-hydrogen) atoms. The number of benzene rings is 1. The molecule has 1 rings (SSSR count). The van der Waals surface area contributed by atoms with Crippen molar-refractivity contribution in [1.82, 2.24) is 0 Å². The second kappa shape index (κ2) is 4.69. The number of halogens is 4. The van der Waals surface area contributed by atoms with Crippen LogP contribution >= 0.6 is 0 Å². The zero-order valence-electron chi connectivity index (χ0n) is 8.51. The van der Waals surface area contributed by atoms with E-state index >= 15 is 0 Å². The minimum absolute atomic E-state index is 0.198. The second-order valence-corrected chi connectivity index (χ2v) is 3.31. The quantitative estimate of drug-likeness (QED) is 0.820. The molecule has 90 valence electrons. The molecule has 0 saturated heterocycles. The number of hydrogen-bond donors (Lipinski definition) is 1. The van der Waals surface area contributed by atoms with Gasteiger partial charge in [-0.05, 0) is 18.2 Å². The fourth-order valence-corrected chi connectivity index (χ4v) is 1.29. The number of hydrogen-bond acceptors (Lipinski definition) is 2. The summed E-state index contributed by atoms with van der Waals surface area (Å²) in [6.07, 6.45) is -5.69. The van der Waals surface area contributed by atoms with E-state index in [2.05, 4.69) is 0 Å². The smallest absolute Gasteiger partial charge is 0.390 e. The van der Waals surface area contributed by atoms with Crippen LogP contribution < -0.4 is 10.5 Å². The van der Waals surface area contributed by atoms with Gasteiger partial charge in [0.15, 0.2) is 0 Å². The van der Waals surface area contributed by atoms with Crippen LogP contribution in [0.2, 0.25) is 0 Å². The van der Waals surface area contributed by atoms with Crippen molar-refractivity contribution in [2.45, 2.75) is 18.6 Å². The van der Waals surface area contributed by atoms with Crippen LogP contribution in [0.15, 0.2) is 18.2 Å². The molecule has 6 heteroatoms. The first kappa shape index (κ1) is 12.8. The first-order valence-electron chi connectivity index (χ1n) is 4.49. The molecule has 0 spiro atoms. The monoisotopic (exact) mass is 237 g/mol. The highest BCUT2D eigenvalue weighted by molar-refractivity contribution is 5.31. The predicted octanol–water partition coefficient (Wildman–Crippen LogP) is 2.79. The molecule has 0 unspecified atom stereocenters.